The van der Waals surface area contributed by atoms with Crippen LogP contribution in [-0.4, -0.2) is 20.7 Å². The highest BCUT2D eigenvalue weighted by atomic mass is 27.1. The van der Waals surface area contributed by atoms with E-state index in [0.29, 0.717) is 0 Å². The molecule has 2 N–H and O–H groups in total. The van der Waals surface area contributed by atoms with Gasteiger partial charge in [0.05, 0.1) is 0 Å². The first-order valence-corrected chi connectivity index (χ1v) is 4.47. The summed E-state index contributed by atoms with van der Waals surface area (Å²) in [4.78, 5) is 0. The Morgan fingerprint density at radius 2 is 2.25 bits per heavy atom. The van der Waals surface area contributed by atoms with E-state index in [-0.39, 0.29) is 5.48 Å². The normalized spacial score (nSPS) is 7.12. The summed E-state index contributed by atoms with van der Waals surface area (Å²) >= 11 is 0.745. The smallest absolute Gasteiger partial charge is 0.199 e. The average Bonchev–Trinajstić information content (AvgIpc) is 1.69. The summed E-state index contributed by atoms with van der Waals surface area (Å²) < 4.78 is 0. The molecule has 0 bridgehead atoms. The molecular weight excluding hydrogens is 115 g/mol. The Labute approximate surface area is 57.8 Å². The van der Waals surface area contributed by atoms with Gasteiger partial charge in [0, 0.05) is 0 Å². The zero-order valence-corrected chi connectivity index (χ0v) is 6.64. The van der Waals surface area contributed by atoms with Crippen LogP contribution in [0.2, 0.25) is 10.6 Å². The van der Waals surface area contributed by atoms with Gasteiger partial charge < -0.3 is 5.48 Å². The number of hydrogen-bond donors (Lipinski definition) is 0. The minimum absolute atomic E-state index is 0. The third kappa shape index (κ3) is 9.53. The van der Waals surface area contributed by atoms with E-state index in [1.807, 2.05) is 6.08 Å². The molecule has 0 saturated heterocycles. The van der Waals surface area contributed by atoms with Gasteiger partial charge in [-0.2, -0.15) is 0 Å². The SMILES string of the molecule is C=CC[CH2][Al][CH2]C.O. The maximum absolute atomic E-state index is 3.65. The van der Waals surface area contributed by atoms with Gasteiger partial charge in [-0.25, -0.2) is 0 Å². The number of rotatable bonds is 4. The molecule has 0 heterocycles. The lowest BCUT2D eigenvalue weighted by Crippen LogP contribution is -1.81. The second-order valence-electron chi connectivity index (χ2n) is 1.56. The van der Waals surface area contributed by atoms with Crippen molar-refractivity contribution in [1.29, 1.82) is 0 Å². The van der Waals surface area contributed by atoms with Gasteiger partial charge in [-0.05, 0) is 6.42 Å². The Kier molecular flexibility index (Phi) is 14.2. The summed E-state index contributed by atoms with van der Waals surface area (Å²) in [7, 11) is 0. The first kappa shape index (κ1) is 11.1. The van der Waals surface area contributed by atoms with Crippen molar-refractivity contribution in [3.05, 3.63) is 12.7 Å². The Morgan fingerprint density at radius 1 is 1.62 bits per heavy atom. The lowest BCUT2D eigenvalue weighted by atomic mass is 10.5. The molecule has 0 saturated carbocycles. The Balaban J connectivity index is 0. The van der Waals surface area contributed by atoms with E-state index in [1.165, 1.54) is 17.0 Å². The van der Waals surface area contributed by atoms with Crippen molar-refractivity contribution in [2.45, 2.75) is 23.9 Å². The van der Waals surface area contributed by atoms with E-state index in [1.54, 1.807) is 0 Å². The molecule has 2 heteroatoms. The molecular formula is C6H14AlO. The van der Waals surface area contributed by atoms with Crippen molar-refractivity contribution in [2.75, 3.05) is 0 Å². The molecule has 0 unspecified atom stereocenters. The average molecular weight is 129 g/mol. The summed E-state index contributed by atoms with van der Waals surface area (Å²) in [6, 6.07) is 0. The van der Waals surface area contributed by atoms with Gasteiger partial charge in [-0.1, -0.05) is 13.0 Å². The molecule has 0 aromatic carbocycles. The van der Waals surface area contributed by atoms with Crippen molar-refractivity contribution >= 4 is 15.2 Å². The minimum Gasteiger partial charge on any atom is -0.412 e. The van der Waals surface area contributed by atoms with Gasteiger partial charge in [-0.15, -0.1) is 17.1 Å². The van der Waals surface area contributed by atoms with E-state index in [9.17, 15) is 0 Å². The van der Waals surface area contributed by atoms with Gasteiger partial charge in [0.25, 0.3) is 0 Å². The molecule has 0 aromatic rings. The summed E-state index contributed by atoms with van der Waals surface area (Å²) in [6.45, 7) is 5.89. The van der Waals surface area contributed by atoms with Crippen LogP contribution in [0, 0.1) is 0 Å². The van der Waals surface area contributed by atoms with Crippen molar-refractivity contribution in [1.82, 2.24) is 0 Å². The highest BCUT2D eigenvalue weighted by molar-refractivity contribution is 6.35. The first-order valence-electron chi connectivity index (χ1n) is 2.84. The molecule has 47 valence electrons. The van der Waals surface area contributed by atoms with E-state index < -0.39 is 0 Å². The molecule has 0 fully saturated rings. The Morgan fingerprint density at radius 3 is 2.62 bits per heavy atom. The van der Waals surface area contributed by atoms with Gasteiger partial charge in [0.15, 0.2) is 15.2 Å². The molecule has 0 amide bonds. The molecule has 0 rings (SSSR count). The van der Waals surface area contributed by atoms with Gasteiger partial charge >= 0.3 is 0 Å². The van der Waals surface area contributed by atoms with Gasteiger partial charge in [-0.3, -0.25) is 0 Å². The highest BCUT2D eigenvalue weighted by Gasteiger charge is 1.82. The van der Waals surface area contributed by atoms with Gasteiger partial charge in [0.1, 0.15) is 0 Å². The molecule has 0 aliphatic carbocycles. The Hall–Kier alpha value is 0.232. The molecule has 8 heavy (non-hydrogen) atoms. The minimum atomic E-state index is 0. The molecule has 0 atom stereocenters. The second-order valence-corrected chi connectivity index (χ2v) is 3.53. The molecule has 0 aliphatic heterocycles. The summed E-state index contributed by atoms with van der Waals surface area (Å²) in [5.74, 6) is 0. The fourth-order valence-electron chi connectivity index (χ4n) is 0.440. The van der Waals surface area contributed by atoms with Crippen LogP contribution >= 0.6 is 0 Å². The zero-order chi connectivity index (χ0) is 5.54. The van der Waals surface area contributed by atoms with Crippen LogP contribution in [0.3, 0.4) is 0 Å². The molecule has 0 aromatic heterocycles. The lowest BCUT2D eigenvalue weighted by Gasteiger charge is -1.84. The number of hydrogen-bond acceptors (Lipinski definition) is 0. The summed E-state index contributed by atoms with van der Waals surface area (Å²) in [6.07, 6.45) is 3.23. The first-order chi connectivity index (χ1) is 3.41. The van der Waals surface area contributed by atoms with Crippen LogP contribution in [0.4, 0.5) is 0 Å². The van der Waals surface area contributed by atoms with Crippen molar-refractivity contribution in [2.24, 2.45) is 0 Å². The van der Waals surface area contributed by atoms with Crippen LogP contribution in [0.1, 0.15) is 13.3 Å². The predicted molar refractivity (Wildman–Crippen MR) is 39.5 cm³/mol. The van der Waals surface area contributed by atoms with Gasteiger partial charge in [0.2, 0.25) is 0 Å². The van der Waals surface area contributed by atoms with Crippen LogP contribution in [0.15, 0.2) is 12.7 Å². The molecule has 0 spiro atoms. The zero-order valence-electron chi connectivity index (χ0n) is 5.48. The summed E-state index contributed by atoms with van der Waals surface area (Å²) in [5.41, 5.74) is 0. The maximum Gasteiger partial charge on any atom is 0.199 e. The number of allylic oxidation sites excluding steroid dienone is 1. The van der Waals surface area contributed by atoms with E-state index in [0.717, 1.165) is 15.2 Å². The fourth-order valence-corrected chi connectivity index (χ4v) is 1.32. The maximum atomic E-state index is 3.65. The molecule has 1 nitrogen and oxygen atoms in total. The Bertz CT molecular complexity index is 45.8. The molecule has 0 aliphatic rings. The van der Waals surface area contributed by atoms with Crippen LogP contribution in [0.25, 0.3) is 0 Å². The van der Waals surface area contributed by atoms with Crippen molar-refractivity contribution in [3.63, 3.8) is 0 Å². The van der Waals surface area contributed by atoms with Crippen molar-refractivity contribution in [3.8, 4) is 0 Å². The third-order valence-corrected chi connectivity index (χ3v) is 2.18. The standard InChI is InChI=1S/C4H7.C2H5.Al.H2O/c1-3-4-2;1-2;;/h3H,1-2,4H2;1H2,2H3;;1H2. The van der Waals surface area contributed by atoms with Crippen LogP contribution in [0.5, 0.6) is 0 Å². The fraction of sp³-hybridized carbons (Fsp3) is 0.667. The second kappa shape index (κ2) is 10.3. The van der Waals surface area contributed by atoms with E-state index >= 15 is 0 Å². The quantitative estimate of drug-likeness (QED) is 0.311. The van der Waals surface area contributed by atoms with E-state index in [4.69, 9.17) is 0 Å². The molecule has 1 radical (unpaired) electrons. The van der Waals surface area contributed by atoms with Crippen LogP contribution in [-0.2, 0) is 0 Å². The lowest BCUT2D eigenvalue weighted by molar-refractivity contribution is 0.824. The third-order valence-electron chi connectivity index (χ3n) is 0.864. The monoisotopic (exact) mass is 129 g/mol. The highest BCUT2D eigenvalue weighted by Crippen LogP contribution is 1.90. The topological polar surface area (TPSA) is 31.5 Å². The van der Waals surface area contributed by atoms with Crippen molar-refractivity contribution < 1.29 is 5.48 Å². The summed E-state index contributed by atoms with van der Waals surface area (Å²) in [5, 5.41) is 2.80. The van der Waals surface area contributed by atoms with Crippen LogP contribution < -0.4 is 0 Å². The predicted octanol–water partition coefficient (Wildman–Crippen LogP) is 1.30. The largest absolute Gasteiger partial charge is 0.412 e. The van der Waals surface area contributed by atoms with E-state index in [2.05, 4.69) is 13.5 Å².